The molecule has 0 heterocycles. The molecule has 0 unspecified atom stereocenters. The van der Waals surface area contributed by atoms with Crippen LogP contribution in [0.4, 0.5) is 20.2 Å². The topological polar surface area (TPSA) is 58.2 Å². The molecule has 4 rings (SSSR count). The van der Waals surface area contributed by atoms with E-state index in [0.717, 1.165) is 16.6 Å². The van der Waals surface area contributed by atoms with Crippen molar-refractivity contribution in [2.24, 2.45) is 5.92 Å². The van der Waals surface area contributed by atoms with Gasteiger partial charge in [-0.3, -0.25) is 9.59 Å². The quantitative estimate of drug-likeness (QED) is 0.290. The van der Waals surface area contributed by atoms with Gasteiger partial charge in [-0.25, -0.2) is 8.78 Å². The molecule has 0 bridgehead atoms. The second-order valence-electron chi connectivity index (χ2n) is 7.59. The van der Waals surface area contributed by atoms with Crippen LogP contribution in [0, 0.1) is 17.6 Å². The van der Waals surface area contributed by atoms with Crippen molar-refractivity contribution in [1.82, 2.24) is 0 Å². The first-order valence-electron chi connectivity index (χ1n) is 9.68. The Morgan fingerprint density at radius 3 is 2.35 bits per heavy atom. The molecule has 0 aromatic heterocycles. The Bertz CT molecular complexity index is 1300. The van der Waals surface area contributed by atoms with Gasteiger partial charge in [0.2, 0.25) is 5.91 Å². The van der Waals surface area contributed by atoms with Gasteiger partial charge >= 0.3 is 0 Å². The van der Waals surface area contributed by atoms with Crippen molar-refractivity contribution in [2.75, 3.05) is 10.6 Å². The van der Waals surface area contributed by atoms with Crippen molar-refractivity contribution in [3.05, 3.63) is 91.9 Å². The molecule has 0 radical (unpaired) electrons. The summed E-state index contributed by atoms with van der Waals surface area (Å²) < 4.78 is 26.4. The van der Waals surface area contributed by atoms with Crippen LogP contribution in [0.5, 0.6) is 0 Å². The molecule has 0 saturated heterocycles. The lowest BCUT2D eigenvalue weighted by Gasteiger charge is -2.11. The van der Waals surface area contributed by atoms with Gasteiger partial charge < -0.3 is 10.6 Å². The summed E-state index contributed by atoms with van der Waals surface area (Å²) in [6.07, 6.45) is 0. The molecule has 0 aliphatic heterocycles. The van der Waals surface area contributed by atoms with E-state index in [-0.39, 0.29) is 22.0 Å². The predicted molar refractivity (Wildman–Crippen MR) is 134 cm³/mol. The largest absolute Gasteiger partial charge is 0.326 e. The van der Waals surface area contributed by atoms with Crippen molar-refractivity contribution in [3.63, 3.8) is 0 Å². The second-order valence-corrected chi connectivity index (χ2v) is 10.8. The van der Waals surface area contributed by atoms with Crippen LogP contribution in [0.3, 0.4) is 0 Å². The van der Waals surface area contributed by atoms with Gasteiger partial charge in [-0.15, -0.1) is 23.2 Å². The lowest BCUT2D eigenvalue weighted by atomic mass is 10.1. The summed E-state index contributed by atoms with van der Waals surface area (Å²) in [5.41, 5.74) is 0.694. The zero-order valence-corrected chi connectivity index (χ0v) is 21.4. The minimum absolute atomic E-state index is 0.0303. The van der Waals surface area contributed by atoms with E-state index in [2.05, 4.69) is 26.6 Å². The molecule has 0 spiro atoms. The number of hydrogen-bond donors (Lipinski definition) is 2. The molecule has 2 N–H and O–H groups in total. The lowest BCUT2D eigenvalue weighted by molar-refractivity contribution is -0.117. The highest BCUT2D eigenvalue weighted by Crippen LogP contribution is 2.65. The maximum absolute atomic E-state index is 13.9. The van der Waals surface area contributed by atoms with E-state index in [4.69, 9.17) is 46.4 Å². The van der Waals surface area contributed by atoms with Gasteiger partial charge in [-0.05, 0) is 54.1 Å². The minimum atomic E-state index is -1.35. The van der Waals surface area contributed by atoms with Gasteiger partial charge in [0.25, 0.3) is 5.91 Å². The van der Waals surface area contributed by atoms with Gasteiger partial charge in [-0.1, -0.05) is 39.1 Å². The number of halogens is 7. The second kappa shape index (κ2) is 9.63. The third kappa shape index (κ3) is 5.19. The molecule has 4 nitrogen and oxygen atoms in total. The molecule has 1 saturated carbocycles. The molecule has 1 aliphatic carbocycles. The highest BCUT2D eigenvalue weighted by molar-refractivity contribution is 9.10. The van der Waals surface area contributed by atoms with Gasteiger partial charge in [0.05, 0.1) is 22.2 Å². The Labute approximate surface area is 221 Å². The first-order valence-corrected chi connectivity index (χ1v) is 12.0. The highest BCUT2D eigenvalue weighted by Gasteiger charge is 2.67. The number of hydrogen-bond acceptors (Lipinski definition) is 2. The normalized spacial score (nSPS) is 18.3. The summed E-state index contributed by atoms with van der Waals surface area (Å²) >= 11 is 28.4. The molecule has 2 amide bonds. The summed E-state index contributed by atoms with van der Waals surface area (Å²) in [5, 5.41) is 5.53. The summed E-state index contributed by atoms with van der Waals surface area (Å²) in [7, 11) is 0. The molecule has 34 heavy (non-hydrogen) atoms. The fraction of sp³-hybridized carbons (Fsp3) is 0.130. The number of rotatable bonds is 5. The summed E-state index contributed by atoms with van der Waals surface area (Å²) in [5.74, 6) is -4.21. The van der Waals surface area contributed by atoms with Crippen LogP contribution in [-0.4, -0.2) is 16.1 Å². The maximum Gasteiger partial charge on any atom is 0.257 e. The molecular formula is C23H13BrCl4F2N2O2. The Morgan fingerprint density at radius 2 is 1.68 bits per heavy atom. The van der Waals surface area contributed by atoms with Crippen molar-refractivity contribution < 1.29 is 18.4 Å². The van der Waals surface area contributed by atoms with Crippen LogP contribution in [0.2, 0.25) is 10.0 Å². The Kier molecular flexibility index (Phi) is 7.14. The molecular weight excluding hydrogens is 596 g/mol. The van der Waals surface area contributed by atoms with Crippen LogP contribution in [0.25, 0.3) is 0 Å². The van der Waals surface area contributed by atoms with Gasteiger partial charge in [0.15, 0.2) is 0 Å². The van der Waals surface area contributed by atoms with Crippen LogP contribution in [0.15, 0.2) is 59.1 Å². The average Bonchev–Trinajstić information content (AvgIpc) is 3.33. The minimum Gasteiger partial charge on any atom is -0.326 e. The van der Waals surface area contributed by atoms with E-state index in [1.165, 1.54) is 18.2 Å². The lowest BCUT2D eigenvalue weighted by Crippen LogP contribution is -2.18. The SMILES string of the molecule is O=C(Nc1ccc(F)cc1F)c1cc(NC(=O)[C@@H]2[C@@H](c3cc(Cl)cc(Br)c3)C2(Cl)Cl)ccc1Cl. The number of amides is 2. The number of alkyl halides is 2. The summed E-state index contributed by atoms with van der Waals surface area (Å²) in [4.78, 5) is 25.6. The van der Waals surface area contributed by atoms with Gasteiger partial charge in [-0.2, -0.15) is 0 Å². The number of carbonyl (C=O) groups excluding carboxylic acids is 2. The van der Waals surface area contributed by atoms with Crippen LogP contribution in [0.1, 0.15) is 21.8 Å². The molecule has 1 fully saturated rings. The third-order valence-electron chi connectivity index (χ3n) is 5.24. The third-order valence-corrected chi connectivity index (χ3v) is 7.18. The number of carbonyl (C=O) groups is 2. The van der Waals surface area contributed by atoms with E-state index >= 15 is 0 Å². The van der Waals surface area contributed by atoms with E-state index in [9.17, 15) is 18.4 Å². The molecule has 3 aromatic rings. The van der Waals surface area contributed by atoms with Crippen molar-refractivity contribution in [3.8, 4) is 0 Å². The first-order chi connectivity index (χ1) is 16.0. The van der Waals surface area contributed by atoms with Gasteiger partial charge in [0.1, 0.15) is 16.0 Å². The maximum atomic E-state index is 13.9. The Hall–Kier alpha value is -1.90. The number of nitrogens with one attached hydrogen (secondary N) is 2. The molecule has 3 aromatic carbocycles. The van der Waals surface area contributed by atoms with E-state index in [1.54, 1.807) is 18.2 Å². The van der Waals surface area contributed by atoms with Gasteiger partial charge in [0, 0.05) is 27.2 Å². The molecule has 1 aliphatic rings. The van der Waals surface area contributed by atoms with Crippen molar-refractivity contribution in [1.29, 1.82) is 0 Å². The Morgan fingerprint density at radius 1 is 0.941 bits per heavy atom. The standard InChI is InChI=1S/C23H13BrCl4F2N2O2/c24-11-5-10(6-12(25)7-11)19-20(23(19,27)28)22(34)31-14-2-3-16(26)15(9-14)21(33)32-18-4-1-13(29)8-17(18)30/h1-9,19-20H,(H,31,34)(H,32,33)/t19-,20+/m1/s1. The Balaban J connectivity index is 1.52. The highest BCUT2D eigenvalue weighted by atomic mass is 79.9. The smallest absolute Gasteiger partial charge is 0.257 e. The predicted octanol–water partition coefficient (Wildman–Crippen LogP) is 7.81. The monoisotopic (exact) mass is 606 g/mol. The molecule has 2 atom stereocenters. The fourth-order valence-electron chi connectivity index (χ4n) is 3.60. The van der Waals surface area contributed by atoms with E-state index in [0.29, 0.717) is 16.7 Å². The number of benzene rings is 3. The number of anilines is 2. The molecule has 11 heteroatoms. The van der Waals surface area contributed by atoms with Crippen LogP contribution < -0.4 is 10.6 Å². The zero-order chi connectivity index (χ0) is 24.8. The summed E-state index contributed by atoms with van der Waals surface area (Å²) in [6, 6.07) is 12.1. The summed E-state index contributed by atoms with van der Waals surface area (Å²) in [6.45, 7) is 0. The fourth-order valence-corrected chi connectivity index (χ4v) is 5.52. The van der Waals surface area contributed by atoms with Crippen molar-refractivity contribution >= 4 is 85.5 Å². The van der Waals surface area contributed by atoms with Crippen LogP contribution in [-0.2, 0) is 4.79 Å². The zero-order valence-electron chi connectivity index (χ0n) is 16.8. The van der Waals surface area contributed by atoms with E-state index in [1.807, 2.05) is 0 Å². The molecule has 176 valence electrons. The van der Waals surface area contributed by atoms with E-state index < -0.39 is 39.6 Å². The van der Waals surface area contributed by atoms with Crippen molar-refractivity contribution in [2.45, 2.75) is 10.3 Å². The first kappa shape index (κ1) is 25.2. The van der Waals surface area contributed by atoms with Crippen LogP contribution >= 0.6 is 62.3 Å². The average molecular weight is 609 g/mol.